The number of thiazole rings is 1. The van der Waals surface area contributed by atoms with E-state index < -0.39 is 0 Å². The monoisotopic (exact) mass is 362 g/mol. The molecule has 1 aromatic heterocycles. The van der Waals surface area contributed by atoms with Crippen LogP contribution < -0.4 is 5.73 Å². The summed E-state index contributed by atoms with van der Waals surface area (Å²) in [6.07, 6.45) is 0. The van der Waals surface area contributed by atoms with Gasteiger partial charge in [-0.25, -0.2) is 9.37 Å². The van der Waals surface area contributed by atoms with Crippen molar-refractivity contribution >= 4 is 27.3 Å². The first-order valence-electron chi connectivity index (χ1n) is 6.37. The molecule has 0 aliphatic carbocycles. The van der Waals surface area contributed by atoms with Crippen LogP contribution in [-0.2, 0) is 6.54 Å². The average molecular weight is 363 g/mol. The summed E-state index contributed by atoms with van der Waals surface area (Å²) in [5, 5.41) is 2.61. The second-order valence-corrected chi connectivity index (χ2v) is 6.34. The summed E-state index contributed by atoms with van der Waals surface area (Å²) in [6, 6.07) is 12.9. The third-order valence-electron chi connectivity index (χ3n) is 3.12. The molecule has 0 fully saturated rings. The molecule has 0 spiro atoms. The predicted molar refractivity (Wildman–Crippen MR) is 88.5 cm³/mol. The number of aromatic nitrogens is 1. The van der Waals surface area contributed by atoms with E-state index in [1.165, 1.54) is 17.4 Å². The normalized spacial score (nSPS) is 10.8. The molecule has 0 saturated carbocycles. The van der Waals surface area contributed by atoms with Gasteiger partial charge >= 0.3 is 0 Å². The lowest BCUT2D eigenvalue weighted by Gasteiger charge is -2.01. The van der Waals surface area contributed by atoms with E-state index >= 15 is 0 Å². The highest BCUT2D eigenvalue weighted by Gasteiger charge is 2.11. The van der Waals surface area contributed by atoms with Gasteiger partial charge in [0.15, 0.2) is 0 Å². The third-order valence-corrected chi connectivity index (χ3v) is 4.49. The van der Waals surface area contributed by atoms with Crippen LogP contribution in [0.15, 0.2) is 52.3 Å². The number of hydrogen-bond donors (Lipinski definition) is 1. The fraction of sp³-hybridized carbons (Fsp3) is 0.0625. The maximum absolute atomic E-state index is 14.0. The van der Waals surface area contributed by atoms with E-state index in [4.69, 9.17) is 5.73 Å². The van der Waals surface area contributed by atoms with Crippen molar-refractivity contribution in [1.82, 2.24) is 4.98 Å². The number of halogens is 2. The van der Waals surface area contributed by atoms with Crippen LogP contribution in [0, 0.1) is 5.82 Å². The fourth-order valence-corrected chi connectivity index (χ4v) is 3.24. The molecule has 2 N–H and O–H groups in total. The van der Waals surface area contributed by atoms with Crippen LogP contribution in [0.1, 0.15) is 5.56 Å². The zero-order chi connectivity index (χ0) is 14.8. The van der Waals surface area contributed by atoms with Gasteiger partial charge in [-0.05, 0) is 29.8 Å². The quantitative estimate of drug-likeness (QED) is 0.723. The van der Waals surface area contributed by atoms with Gasteiger partial charge in [0.2, 0.25) is 0 Å². The molecular formula is C16H12BrFN2S. The molecule has 0 unspecified atom stereocenters. The largest absolute Gasteiger partial charge is 0.326 e. The van der Waals surface area contributed by atoms with E-state index in [0.717, 1.165) is 21.3 Å². The van der Waals surface area contributed by atoms with Gasteiger partial charge in [0.25, 0.3) is 0 Å². The van der Waals surface area contributed by atoms with Crippen LogP contribution in [0.3, 0.4) is 0 Å². The Morgan fingerprint density at radius 3 is 2.81 bits per heavy atom. The lowest BCUT2D eigenvalue weighted by atomic mass is 10.1. The Kier molecular flexibility index (Phi) is 4.14. The molecule has 0 aliphatic heterocycles. The first kappa shape index (κ1) is 14.4. The maximum Gasteiger partial charge on any atom is 0.134 e. The first-order valence-corrected chi connectivity index (χ1v) is 8.05. The number of nitrogens with two attached hydrogens (primary N) is 1. The van der Waals surface area contributed by atoms with Crippen LogP contribution in [0.5, 0.6) is 0 Å². The van der Waals surface area contributed by atoms with Crippen molar-refractivity contribution in [2.24, 2.45) is 5.73 Å². The Balaban J connectivity index is 1.99. The van der Waals surface area contributed by atoms with Gasteiger partial charge < -0.3 is 5.73 Å². The van der Waals surface area contributed by atoms with Crippen LogP contribution in [0.25, 0.3) is 21.8 Å². The molecule has 5 heteroatoms. The van der Waals surface area contributed by atoms with E-state index in [-0.39, 0.29) is 5.82 Å². The van der Waals surface area contributed by atoms with E-state index in [1.54, 1.807) is 6.07 Å². The fourth-order valence-electron chi connectivity index (χ4n) is 2.05. The van der Waals surface area contributed by atoms with Crippen molar-refractivity contribution < 1.29 is 4.39 Å². The molecule has 0 radical (unpaired) electrons. The number of hydrogen-bond acceptors (Lipinski definition) is 3. The highest BCUT2D eigenvalue weighted by Crippen LogP contribution is 2.31. The van der Waals surface area contributed by atoms with Gasteiger partial charge in [0.05, 0.1) is 5.69 Å². The van der Waals surface area contributed by atoms with Gasteiger partial charge in [-0.3, -0.25) is 0 Å². The molecule has 1 heterocycles. The van der Waals surface area contributed by atoms with E-state index in [1.807, 2.05) is 35.7 Å². The smallest absolute Gasteiger partial charge is 0.134 e. The minimum absolute atomic E-state index is 0.277. The maximum atomic E-state index is 14.0. The number of benzene rings is 2. The zero-order valence-electron chi connectivity index (χ0n) is 11.0. The standard InChI is InChI=1S/C16H12BrFN2S/c17-12-4-5-13(14(18)7-12)16-20-15(9-21-16)11-3-1-2-10(6-11)8-19/h1-7,9H,8,19H2. The van der Waals surface area contributed by atoms with Gasteiger partial charge in [-0.15, -0.1) is 11.3 Å². The molecule has 0 amide bonds. The molecule has 0 saturated heterocycles. The van der Waals surface area contributed by atoms with Crippen LogP contribution >= 0.6 is 27.3 Å². The van der Waals surface area contributed by atoms with Crippen LogP contribution in [0.4, 0.5) is 4.39 Å². The summed E-state index contributed by atoms with van der Waals surface area (Å²) >= 11 is 4.69. The molecule has 2 aromatic carbocycles. The van der Waals surface area contributed by atoms with Crippen molar-refractivity contribution in [3.8, 4) is 21.8 Å². The molecule has 0 aliphatic rings. The molecular weight excluding hydrogens is 351 g/mol. The second-order valence-electron chi connectivity index (χ2n) is 4.57. The summed E-state index contributed by atoms with van der Waals surface area (Å²) in [5.41, 5.74) is 9.06. The van der Waals surface area contributed by atoms with Gasteiger partial charge in [0, 0.05) is 27.5 Å². The van der Waals surface area contributed by atoms with Gasteiger partial charge in [-0.1, -0.05) is 34.1 Å². The molecule has 106 valence electrons. The lowest BCUT2D eigenvalue weighted by Crippen LogP contribution is -1.95. The van der Waals surface area contributed by atoms with E-state index in [9.17, 15) is 4.39 Å². The number of nitrogens with zero attached hydrogens (tertiary/aromatic N) is 1. The second kappa shape index (κ2) is 6.05. The zero-order valence-corrected chi connectivity index (χ0v) is 13.4. The summed E-state index contributed by atoms with van der Waals surface area (Å²) < 4.78 is 14.7. The highest BCUT2D eigenvalue weighted by molar-refractivity contribution is 9.10. The molecule has 2 nitrogen and oxygen atoms in total. The Labute approximate surface area is 134 Å². The topological polar surface area (TPSA) is 38.9 Å². The summed E-state index contributed by atoms with van der Waals surface area (Å²) in [5.74, 6) is -0.277. The van der Waals surface area contributed by atoms with Crippen molar-refractivity contribution in [1.29, 1.82) is 0 Å². The minimum Gasteiger partial charge on any atom is -0.326 e. The Morgan fingerprint density at radius 1 is 1.19 bits per heavy atom. The van der Waals surface area contributed by atoms with Crippen LogP contribution in [-0.4, -0.2) is 4.98 Å². The molecule has 0 atom stereocenters. The van der Waals surface area contributed by atoms with E-state index in [0.29, 0.717) is 17.1 Å². The van der Waals surface area contributed by atoms with Crippen molar-refractivity contribution in [3.05, 3.63) is 63.7 Å². The lowest BCUT2D eigenvalue weighted by molar-refractivity contribution is 0.630. The van der Waals surface area contributed by atoms with Gasteiger partial charge in [0.1, 0.15) is 10.8 Å². The Hall–Kier alpha value is -1.56. The number of rotatable bonds is 3. The SMILES string of the molecule is NCc1cccc(-c2csc(-c3ccc(Br)cc3F)n2)c1. The summed E-state index contributed by atoms with van der Waals surface area (Å²) in [4.78, 5) is 4.54. The molecule has 3 rings (SSSR count). The van der Waals surface area contributed by atoms with E-state index in [2.05, 4.69) is 20.9 Å². The Bertz CT molecular complexity index is 785. The van der Waals surface area contributed by atoms with Crippen molar-refractivity contribution in [2.75, 3.05) is 0 Å². The van der Waals surface area contributed by atoms with Crippen LogP contribution in [0.2, 0.25) is 0 Å². The summed E-state index contributed by atoms with van der Waals surface area (Å²) in [7, 11) is 0. The third kappa shape index (κ3) is 3.05. The predicted octanol–water partition coefficient (Wildman–Crippen LogP) is 4.84. The first-order chi connectivity index (χ1) is 10.2. The molecule has 21 heavy (non-hydrogen) atoms. The Morgan fingerprint density at radius 2 is 2.05 bits per heavy atom. The average Bonchev–Trinajstić information content (AvgIpc) is 2.97. The molecule has 0 bridgehead atoms. The van der Waals surface area contributed by atoms with Crippen molar-refractivity contribution in [2.45, 2.75) is 6.54 Å². The highest BCUT2D eigenvalue weighted by atomic mass is 79.9. The minimum atomic E-state index is -0.277. The van der Waals surface area contributed by atoms with Crippen molar-refractivity contribution in [3.63, 3.8) is 0 Å². The van der Waals surface area contributed by atoms with Gasteiger partial charge in [-0.2, -0.15) is 0 Å². The summed E-state index contributed by atoms with van der Waals surface area (Å²) in [6.45, 7) is 0.492. The molecule has 3 aromatic rings.